The molecule has 0 saturated heterocycles. The number of anilines is 1. The van der Waals surface area contributed by atoms with Crippen LogP contribution in [0.15, 0.2) is 70.5 Å². The van der Waals surface area contributed by atoms with E-state index in [2.05, 4.69) is 5.32 Å². The van der Waals surface area contributed by atoms with E-state index in [4.69, 9.17) is 16.3 Å². The molecular weight excluding hydrogens is 382 g/mol. The van der Waals surface area contributed by atoms with Gasteiger partial charge in [0.1, 0.15) is 12.3 Å². The fraction of sp³-hybridized carbons (Fsp3) is 0.150. The Morgan fingerprint density at radius 2 is 1.71 bits per heavy atom. The average Bonchev–Trinajstić information content (AvgIpc) is 2.69. The monoisotopic (exact) mass is 399 g/mol. The molecule has 144 valence electrons. The van der Waals surface area contributed by atoms with E-state index in [9.17, 15) is 14.4 Å². The zero-order valence-electron chi connectivity index (χ0n) is 15.1. The molecule has 8 heteroatoms. The van der Waals surface area contributed by atoms with Gasteiger partial charge in [0.2, 0.25) is 5.91 Å². The number of carbonyl (C=O) groups is 1. The van der Waals surface area contributed by atoms with Gasteiger partial charge in [-0.15, -0.1) is 0 Å². The maximum absolute atomic E-state index is 12.3. The standard InChI is InChI=1S/C20H18ClN3O4/c1-28-17-8-7-15(11-16(17)21)22-18(25)13-24-10-9-23(19(26)20(24)27)12-14-5-3-2-4-6-14/h2-11H,12-13H2,1H3,(H,22,25). The minimum atomic E-state index is -0.763. The number of aromatic nitrogens is 2. The highest BCUT2D eigenvalue weighted by atomic mass is 35.5. The minimum absolute atomic E-state index is 0.284. The highest BCUT2D eigenvalue weighted by Crippen LogP contribution is 2.27. The van der Waals surface area contributed by atoms with Gasteiger partial charge in [0.05, 0.1) is 18.7 Å². The number of hydrogen-bond acceptors (Lipinski definition) is 4. The Morgan fingerprint density at radius 3 is 2.39 bits per heavy atom. The topological polar surface area (TPSA) is 82.3 Å². The van der Waals surface area contributed by atoms with Crippen LogP contribution in [0, 0.1) is 0 Å². The van der Waals surface area contributed by atoms with Crippen molar-refractivity contribution in [1.82, 2.24) is 9.13 Å². The fourth-order valence-corrected chi connectivity index (χ4v) is 2.93. The lowest BCUT2D eigenvalue weighted by Gasteiger charge is -2.10. The van der Waals surface area contributed by atoms with E-state index in [1.54, 1.807) is 18.2 Å². The molecule has 2 aromatic carbocycles. The summed E-state index contributed by atoms with van der Waals surface area (Å²) in [6.07, 6.45) is 2.92. The van der Waals surface area contributed by atoms with Crippen LogP contribution in [0.2, 0.25) is 5.02 Å². The quantitative estimate of drug-likeness (QED) is 0.645. The SMILES string of the molecule is COc1ccc(NC(=O)Cn2ccn(Cc3ccccc3)c(=O)c2=O)cc1Cl. The number of halogens is 1. The third-order valence-electron chi connectivity index (χ3n) is 4.08. The zero-order valence-corrected chi connectivity index (χ0v) is 15.8. The van der Waals surface area contributed by atoms with Crippen molar-refractivity contribution < 1.29 is 9.53 Å². The van der Waals surface area contributed by atoms with Gasteiger partial charge in [-0.25, -0.2) is 0 Å². The predicted molar refractivity (Wildman–Crippen MR) is 107 cm³/mol. The van der Waals surface area contributed by atoms with Gasteiger partial charge in [0, 0.05) is 18.1 Å². The first kappa shape index (κ1) is 19.4. The first-order valence-electron chi connectivity index (χ1n) is 8.45. The average molecular weight is 400 g/mol. The minimum Gasteiger partial charge on any atom is -0.495 e. The summed E-state index contributed by atoms with van der Waals surface area (Å²) in [5.41, 5.74) is -0.0925. The van der Waals surface area contributed by atoms with Crippen LogP contribution in [0.4, 0.5) is 5.69 Å². The molecule has 0 aliphatic carbocycles. The zero-order chi connectivity index (χ0) is 20.1. The maximum Gasteiger partial charge on any atom is 0.316 e. The van der Waals surface area contributed by atoms with E-state index < -0.39 is 17.0 Å². The van der Waals surface area contributed by atoms with Crippen LogP contribution in [0.5, 0.6) is 5.75 Å². The summed E-state index contributed by atoms with van der Waals surface area (Å²) < 4.78 is 7.44. The highest BCUT2D eigenvalue weighted by molar-refractivity contribution is 6.32. The summed E-state index contributed by atoms with van der Waals surface area (Å²) >= 11 is 6.03. The van der Waals surface area contributed by atoms with Crippen molar-refractivity contribution in [2.24, 2.45) is 0 Å². The van der Waals surface area contributed by atoms with E-state index in [0.29, 0.717) is 16.5 Å². The number of rotatable bonds is 6. The molecule has 1 amide bonds. The van der Waals surface area contributed by atoms with Crippen molar-refractivity contribution in [2.75, 3.05) is 12.4 Å². The van der Waals surface area contributed by atoms with E-state index in [1.807, 2.05) is 30.3 Å². The maximum atomic E-state index is 12.3. The number of ether oxygens (including phenoxy) is 1. The molecule has 0 radical (unpaired) electrons. The molecule has 1 aromatic heterocycles. The Balaban J connectivity index is 1.73. The molecule has 1 heterocycles. The lowest BCUT2D eigenvalue weighted by molar-refractivity contribution is -0.116. The van der Waals surface area contributed by atoms with E-state index in [1.165, 1.54) is 24.1 Å². The second-order valence-corrected chi connectivity index (χ2v) is 6.45. The Labute approximate surface area is 165 Å². The van der Waals surface area contributed by atoms with Gasteiger partial charge in [0.25, 0.3) is 0 Å². The Morgan fingerprint density at radius 1 is 1.04 bits per heavy atom. The molecule has 0 aliphatic heterocycles. The predicted octanol–water partition coefficient (Wildman–Crippen LogP) is 2.36. The van der Waals surface area contributed by atoms with Crippen molar-refractivity contribution in [2.45, 2.75) is 13.1 Å². The molecule has 0 fully saturated rings. The number of carbonyl (C=O) groups excluding carboxylic acids is 1. The molecule has 0 unspecified atom stereocenters. The third kappa shape index (κ3) is 4.50. The number of hydrogen-bond donors (Lipinski definition) is 1. The normalized spacial score (nSPS) is 10.5. The second-order valence-electron chi connectivity index (χ2n) is 6.05. The van der Waals surface area contributed by atoms with Crippen LogP contribution in [0.25, 0.3) is 0 Å². The van der Waals surface area contributed by atoms with Crippen molar-refractivity contribution in [3.05, 3.63) is 92.2 Å². The van der Waals surface area contributed by atoms with Gasteiger partial charge in [-0.2, -0.15) is 0 Å². The summed E-state index contributed by atoms with van der Waals surface area (Å²) in [6, 6.07) is 14.1. The van der Waals surface area contributed by atoms with Crippen LogP contribution in [0.3, 0.4) is 0 Å². The Hall–Kier alpha value is -3.32. The van der Waals surface area contributed by atoms with E-state index in [-0.39, 0.29) is 13.1 Å². The van der Waals surface area contributed by atoms with Crippen molar-refractivity contribution in [3.63, 3.8) is 0 Å². The Kier molecular flexibility index (Phi) is 5.96. The largest absolute Gasteiger partial charge is 0.495 e. The number of benzene rings is 2. The number of nitrogens with one attached hydrogen (secondary N) is 1. The molecule has 0 saturated carbocycles. The lowest BCUT2D eigenvalue weighted by atomic mass is 10.2. The summed E-state index contributed by atoms with van der Waals surface area (Å²) in [4.78, 5) is 36.9. The third-order valence-corrected chi connectivity index (χ3v) is 4.37. The fourth-order valence-electron chi connectivity index (χ4n) is 2.67. The van der Waals surface area contributed by atoms with Crippen LogP contribution < -0.4 is 21.2 Å². The molecule has 7 nitrogen and oxygen atoms in total. The van der Waals surface area contributed by atoms with Crippen LogP contribution in [0.1, 0.15) is 5.56 Å². The summed E-state index contributed by atoms with van der Waals surface area (Å²) in [6.45, 7) is -0.00377. The molecule has 3 aromatic rings. The van der Waals surface area contributed by atoms with Crippen LogP contribution in [-0.4, -0.2) is 22.2 Å². The van der Waals surface area contributed by atoms with Crippen molar-refractivity contribution in [1.29, 1.82) is 0 Å². The molecule has 0 atom stereocenters. The van der Waals surface area contributed by atoms with Gasteiger partial charge in [-0.1, -0.05) is 41.9 Å². The van der Waals surface area contributed by atoms with Gasteiger partial charge < -0.3 is 14.6 Å². The van der Waals surface area contributed by atoms with E-state index >= 15 is 0 Å². The number of nitrogens with zero attached hydrogens (tertiary/aromatic N) is 2. The molecule has 0 bridgehead atoms. The number of methoxy groups -OCH3 is 1. The molecule has 1 N–H and O–H groups in total. The van der Waals surface area contributed by atoms with Gasteiger partial charge in [-0.3, -0.25) is 19.0 Å². The molecule has 0 aliphatic rings. The van der Waals surface area contributed by atoms with Crippen molar-refractivity contribution >= 4 is 23.2 Å². The molecular formula is C20H18ClN3O4. The summed E-state index contributed by atoms with van der Waals surface area (Å²) in [7, 11) is 1.49. The van der Waals surface area contributed by atoms with Crippen LogP contribution in [-0.2, 0) is 17.9 Å². The highest BCUT2D eigenvalue weighted by Gasteiger charge is 2.10. The van der Waals surface area contributed by atoms with Crippen molar-refractivity contribution in [3.8, 4) is 5.75 Å². The Bertz CT molecular complexity index is 1110. The molecule has 3 rings (SSSR count). The van der Waals surface area contributed by atoms with Gasteiger partial charge >= 0.3 is 11.1 Å². The molecule has 28 heavy (non-hydrogen) atoms. The van der Waals surface area contributed by atoms with Gasteiger partial charge in [-0.05, 0) is 23.8 Å². The first-order valence-corrected chi connectivity index (χ1v) is 8.83. The lowest BCUT2D eigenvalue weighted by Crippen LogP contribution is -2.42. The summed E-state index contributed by atoms with van der Waals surface area (Å²) in [5.74, 6) is 0.0291. The number of amides is 1. The van der Waals surface area contributed by atoms with E-state index in [0.717, 1.165) is 10.1 Å². The molecule has 0 spiro atoms. The first-order chi connectivity index (χ1) is 13.5. The van der Waals surface area contributed by atoms with Gasteiger partial charge in [0.15, 0.2) is 0 Å². The summed E-state index contributed by atoms with van der Waals surface area (Å²) in [5, 5.41) is 2.98. The smallest absolute Gasteiger partial charge is 0.316 e. The second kappa shape index (κ2) is 8.58. The van der Waals surface area contributed by atoms with Crippen LogP contribution >= 0.6 is 11.6 Å².